The molecule has 3 amide bonds. The largest absolute Gasteiger partial charge is 0.494 e. The van der Waals surface area contributed by atoms with Crippen LogP contribution >= 0.6 is 0 Å². The standard InChI is InChI=1S/C20H25N3O3/c1-4-26-17-12-10-15(11-13-17)14-23(3)18(16-8-6-5-7-9-16)19(24)22-20(25)21-2/h5-13,18H,4,14H2,1-3H3,(H2,21,22,24,25)/p+1/t18-/m0/s1. The number of nitrogens with one attached hydrogen (secondary N) is 3. The van der Waals surface area contributed by atoms with Crippen molar-refractivity contribution in [2.24, 2.45) is 0 Å². The highest BCUT2D eigenvalue weighted by molar-refractivity contribution is 5.96. The summed E-state index contributed by atoms with van der Waals surface area (Å²) in [5, 5.41) is 4.81. The second-order valence-electron chi connectivity index (χ2n) is 6.01. The first-order chi connectivity index (χ1) is 12.5. The minimum atomic E-state index is -0.509. The Hall–Kier alpha value is -2.86. The Kier molecular flexibility index (Phi) is 7.17. The monoisotopic (exact) mass is 356 g/mol. The van der Waals surface area contributed by atoms with Gasteiger partial charge in [-0.3, -0.25) is 10.1 Å². The lowest BCUT2D eigenvalue weighted by molar-refractivity contribution is -0.916. The minimum absolute atomic E-state index is 0.334. The summed E-state index contributed by atoms with van der Waals surface area (Å²) < 4.78 is 5.46. The van der Waals surface area contributed by atoms with Crippen molar-refractivity contribution in [3.05, 3.63) is 65.7 Å². The number of hydrogen-bond donors (Lipinski definition) is 3. The number of likely N-dealkylation sites (N-methyl/N-ethyl adjacent to an activating group) is 1. The molecule has 0 aliphatic carbocycles. The maximum Gasteiger partial charge on any atom is 0.321 e. The number of hydrogen-bond acceptors (Lipinski definition) is 3. The molecule has 138 valence electrons. The van der Waals surface area contributed by atoms with Gasteiger partial charge in [-0.25, -0.2) is 4.79 Å². The predicted octanol–water partition coefficient (Wildman–Crippen LogP) is 1.30. The van der Waals surface area contributed by atoms with Gasteiger partial charge in [0, 0.05) is 18.2 Å². The first-order valence-corrected chi connectivity index (χ1v) is 8.66. The summed E-state index contributed by atoms with van der Waals surface area (Å²) in [4.78, 5) is 25.2. The van der Waals surface area contributed by atoms with E-state index in [4.69, 9.17) is 4.74 Å². The number of rotatable bonds is 7. The molecule has 0 radical (unpaired) electrons. The number of amides is 3. The van der Waals surface area contributed by atoms with Gasteiger partial charge in [0.1, 0.15) is 12.3 Å². The van der Waals surface area contributed by atoms with Crippen LogP contribution in [-0.2, 0) is 11.3 Å². The molecule has 6 heteroatoms. The summed E-state index contributed by atoms with van der Waals surface area (Å²) >= 11 is 0. The van der Waals surface area contributed by atoms with Crippen molar-refractivity contribution >= 4 is 11.9 Å². The molecule has 2 aromatic carbocycles. The van der Waals surface area contributed by atoms with E-state index in [0.717, 1.165) is 21.8 Å². The molecule has 0 aliphatic rings. The molecule has 0 aliphatic heterocycles. The Morgan fingerprint density at radius 2 is 1.73 bits per heavy atom. The summed E-state index contributed by atoms with van der Waals surface area (Å²) in [5.74, 6) is 0.491. The van der Waals surface area contributed by atoms with E-state index in [-0.39, 0.29) is 5.91 Å². The summed E-state index contributed by atoms with van der Waals surface area (Å²) in [6.45, 7) is 3.20. The number of imide groups is 1. The summed E-state index contributed by atoms with van der Waals surface area (Å²) in [5.41, 5.74) is 1.94. The maximum atomic E-state index is 12.7. The highest BCUT2D eigenvalue weighted by atomic mass is 16.5. The second kappa shape index (κ2) is 9.58. The highest BCUT2D eigenvalue weighted by Gasteiger charge is 2.30. The van der Waals surface area contributed by atoms with Gasteiger partial charge in [-0.1, -0.05) is 30.3 Å². The zero-order chi connectivity index (χ0) is 18.9. The molecule has 3 N–H and O–H groups in total. The molecular formula is C20H26N3O3+. The average molecular weight is 356 g/mol. The topological polar surface area (TPSA) is 71.9 Å². The number of benzene rings is 2. The Morgan fingerprint density at radius 3 is 2.31 bits per heavy atom. The molecule has 0 aromatic heterocycles. The Labute approximate surface area is 154 Å². The van der Waals surface area contributed by atoms with Crippen molar-refractivity contribution in [1.29, 1.82) is 0 Å². The molecule has 2 rings (SSSR count). The second-order valence-corrected chi connectivity index (χ2v) is 6.01. The van der Waals surface area contributed by atoms with E-state index in [1.165, 1.54) is 7.05 Å². The van der Waals surface area contributed by atoms with Gasteiger partial charge < -0.3 is 15.0 Å². The molecule has 26 heavy (non-hydrogen) atoms. The highest BCUT2D eigenvalue weighted by Crippen LogP contribution is 2.13. The smallest absolute Gasteiger partial charge is 0.321 e. The molecule has 6 nitrogen and oxygen atoms in total. The van der Waals surface area contributed by atoms with Crippen LogP contribution in [0.15, 0.2) is 54.6 Å². The lowest BCUT2D eigenvalue weighted by atomic mass is 10.0. The number of urea groups is 1. The molecule has 2 atom stereocenters. The zero-order valence-electron chi connectivity index (χ0n) is 15.4. The van der Waals surface area contributed by atoms with Gasteiger partial charge in [-0.2, -0.15) is 0 Å². The van der Waals surface area contributed by atoms with E-state index in [0.29, 0.717) is 13.2 Å². The van der Waals surface area contributed by atoms with E-state index in [1.54, 1.807) is 0 Å². The third-order valence-corrected chi connectivity index (χ3v) is 4.07. The first kappa shape index (κ1) is 19.5. The van der Waals surface area contributed by atoms with Crippen LogP contribution in [0.25, 0.3) is 0 Å². The van der Waals surface area contributed by atoms with Crippen LogP contribution in [0.4, 0.5) is 4.79 Å². The van der Waals surface area contributed by atoms with Gasteiger partial charge in [-0.15, -0.1) is 0 Å². The molecule has 0 saturated heterocycles. The van der Waals surface area contributed by atoms with Crippen LogP contribution in [0.5, 0.6) is 5.75 Å². The lowest BCUT2D eigenvalue weighted by Gasteiger charge is -2.24. The SMILES string of the molecule is CCOc1ccc(C[NH+](C)[C@H](C(=O)NC(=O)NC)c2ccccc2)cc1. The van der Waals surface area contributed by atoms with E-state index in [9.17, 15) is 9.59 Å². The van der Waals surface area contributed by atoms with Gasteiger partial charge >= 0.3 is 6.03 Å². The number of carbonyl (C=O) groups is 2. The zero-order valence-corrected chi connectivity index (χ0v) is 15.4. The van der Waals surface area contributed by atoms with Gasteiger partial charge in [0.05, 0.1) is 13.7 Å². The van der Waals surface area contributed by atoms with Crippen LogP contribution in [0.3, 0.4) is 0 Å². The number of carbonyl (C=O) groups excluding carboxylic acids is 2. The Balaban J connectivity index is 2.18. The quantitative estimate of drug-likeness (QED) is 0.700. The fraction of sp³-hybridized carbons (Fsp3) is 0.300. The Bertz CT molecular complexity index is 717. The van der Waals surface area contributed by atoms with Crippen LogP contribution < -0.4 is 20.3 Å². The van der Waals surface area contributed by atoms with E-state index in [1.807, 2.05) is 68.6 Å². The maximum absolute atomic E-state index is 12.7. The summed E-state index contributed by atoms with van der Waals surface area (Å²) in [6, 6.07) is 16.3. The van der Waals surface area contributed by atoms with Crippen LogP contribution in [0.2, 0.25) is 0 Å². The fourth-order valence-electron chi connectivity index (χ4n) is 2.85. The van der Waals surface area contributed by atoms with Crippen LogP contribution in [0.1, 0.15) is 24.1 Å². The van der Waals surface area contributed by atoms with E-state index < -0.39 is 12.1 Å². The number of ether oxygens (including phenoxy) is 1. The predicted molar refractivity (Wildman–Crippen MR) is 100.0 cm³/mol. The molecule has 0 spiro atoms. The van der Waals surface area contributed by atoms with Crippen molar-refractivity contribution in [1.82, 2.24) is 10.6 Å². The number of quaternary nitrogens is 1. The Morgan fingerprint density at radius 1 is 1.08 bits per heavy atom. The summed E-state index contributed by atoms with van der Waals surface area (Å²) in [7, 11) is 3.42. The van der Waals surface area contributed by atoms with Crippen molar-refractivity contribution in [3.8, 4) is 5.75 Å². The molecule has 0 fully saturated rings. The summed E-state index contributed by atoms with van der Waals surface area (Å²) in [6.07, 6.45) is 0. The van der Waals surface area contributed by atoms with Crippen LogP contribution in [-0.4, -0.2) is 32.6 Å². The first-order valence-electron chi connectivity index (χ1n) is 8.66. The molecule has 0 bridgehead atoms. The van der Waals surface area contributed by atoms with Crippen molar-refractivity contribution < 1.29 is 19.2 Å². The fourth-order valence-corrected chi connectivity index (χ4v) is 2.85. The van der Waals surface area contributed by atoms with Gasteiger partial charge in [0.2, 0.25) is 0 Å². The van der Waals surface area contributed by atoms with Gasteiger partial charge in [-0.05, 0) is 31.2 Å². The van der Waals surface area contributed by atoms with Crippen molar-refractivity contribution in [2.75, 3.05) is 20.7 Å². The van der Waals surface area contributed by atoms with Gasteiger partial charge in [0.15, 0.2) is 6.04 Å². The van der Waals surface area contributed by atoms with E-state index >= 15 is 0 Å². The molecule has 0 saturated carbocycles. The molecular weight excluding hydrogens is 330 g/mol. The molecule has 1 unspecified atom stereocenters. The average Bonchev–Trinajstić information content (AvgIpc) is 2.64. The van der Waals surface area contributed by atoms with Crippen LogP contribution in [0, 0.1) is 0 Å². The molecule has 2 aromatic rings. The third kappa shape index (κ3) is 5.32. The third-order valence-electron chi connectivity index (χ3n) is 4.07. The van der Waals surface area contributed by atoms with Crippen molar-refractivity contribution in [3.63, 3.8) is 0 Å². The van der Waals surface area contributed by atoms with E-state index in [2.05, 4.69) is 10.6 Å². The normalized spacial score (nSPS) is 12.7. The molecule has 0 heterocycles. The van der Waals surface area contributed by atoms with Crippen molar-refractivity contribution in [2.45, 2.75) is 19.5 Å². The lowest BCUT2D eigenvalue weighted by Crippen LogP contribution is -3.09. The minimum Gasteiger partial charge on any atom is -0.494 e. The van der Waals surface area contributed by atoms with Gasteiger partial charge in [0.25, 0.3) is 5.91 Å².